The first kappa shape index (κ1) is 25.8. The van der Waals surface area contributed by atoms with Crippen LogP contribution in [0, 0.1) is 0 Å². The molecule has 2 atom stereocenters. The Balaban J connectivity index is 1.30. The first-order valence-electron chi connectivity index (χ1n) is 15.4. The maximum atomic E-state index is 6.76. The normalized spacial score (nSPS) is 16.7. The van der Waals surface area contributed by atoms with E-state index in [2.05, 4.69) is 144 Å². The number of rotatable bonds is 4. The van der Waals surface area contributed by atoms with Crippen LogP contribution in [0.3, 0.4) is 0 Å². The summed E-state index contributed by atoms with van der Waals surface area (Å²) in [5, 5.41) is 14.5. The second-order valence-electron chi connectivity index (χ2n) is 11.6. The van der Waals surface area contributed by atoms with Gasteiger partial charge in [0.15, 0.2) is 0 Å². The summed E-state index contributed by atoms with van der Waals surface area (Å²) in [6.45, 7) is 0. The molecule has 9 rings (SSSR count). The molecule has 1 aliphatic rings. The summed E-state index contributed by atoms with van der Waals surface area (Å²) in [7, 11) is 0. The van der Waals surface area contributed by atoms with Crippen molar-refractivity contribution in [2.75, 3.05) is 0 Å². The quantitative estimate of drug-likeness (QED) is 0.204. The van der Waals surface area contributed by atoms with E-state index >= 15 is 0 Å². The SMILES string of the molecule is c1ccc(C2N=C(c3ccc(-c4cc5ccccc5c5ccccc45)c4oc5ccccc5c34)NC(c3ccccc3)N2)cc1. The van der Waals surface area contributed by atoms with E-state index < -0.39 is 0 Å². The lowest BCUT2D eigenvalue weighted by atomic mass is 9.91. The zero-order chi connectivity index (χ0) is 29.7. The van der Waals surface area contributed by atoms with E-state index in [9.17, 15) is 0 Å². The zero-order valence-corrected chi connectivity index (χ0v) is 24.4. The Kier molecular flexibility index (Phi) is 6.00. The smallest absolute Gasteiger partial charge is 0.144 e. The highest BCUT2D eigenvalue weighted by molar-refractivity contribution is 6.23. The fourth-order valence-corrected chi connectivity index (χ4v) is 6.83. The molecule has 0 radical (unpaired) electrons. The maximum absolute atomic E-state index is 6.76. The summed E-state index contributed by atoms with van der Waals surface area (Å²) < 4.78 is 6.76. The van der Waals surface area contributed by atoms with Crippen molar-refractivity contribution in [3.63, 3.8) is 0 Å². The molecule has 1 aromatic heterocycles. The first-order chi connectivity index (χ1) is 22.3. The Hall–Kier alpha value is -5.71. The van der Waals surface area contributed by atoms with E-state index in [1.165, 1.54) is 21.5 Å². The molecule has 214 valence electrons. The van der Waals surface area contributed by atoms with Gasteiger partial charge < -0.3 is 9.73 Å². The van der Waals surface area contributed by atoms with Crippen LogP contribution >= 0.6 is 0 Å². The van der Waals surface area contributed by atoms with Gasteiger partial charge in [0.25, 0.3) is 0 Å². The Labute approximate surface area is 260 Å². The van der Waals surface area contributed by atoms with Crippen LogP contribution in [0.25, 0.3) is 54.6 Å². The van der Waals surface area contributed by atoms with E-state index in [1.807, 2.05) is 18.2 Å². The van der Waals surface area contributed by atoms with Gasteiger partial charge in [0.1, 0.15) is 29.3 Å². The van der Waals surface area contributed by atoms with Gasteiger partial charge in [-0.25, -0.2) is 4.99 Å². The van der Waals surface area contributed by atoms with Crippen LogP contribution in [0.1, 0.15) is 29.0 Å². The minimum atomic E-state index is -0.218. The number of benzene rings is 7. The molecule has 2 N–H and O–H groups in total. The molecular weight excluding hydrogens is 550 g/mol. The van der Waals surface area contributed by atoms with Gasteiger partial charge in [0.2, 0.25) is 0 Å². The van der Waals surface area contributed by atoms with Crippen LogP contribution in [0.4, 0.5) is 0 Å². The van der Waals surface area contributed by atoms with Crippen molar-refractivity contribution in [2.45, 2.75) is 12.3 Å². The molecule has 4 nitrogen and oxygen atoms in total. The highest BCUT2D eigenvalue weighted by Gasteiger charge is 2.28. The van der Waals surface area contributed by atoms with Gasteiger partial charge in [-0.05, 0) is 62.5 Å². The van der Waals surface area contributed by atoms with Gasteiger partial charge in [-0.2, -0.15) is 0 Å². The number of furan rings is 1. The third-order valence-electron chi connectivity index (χ3n) is 8.95. The molecule has 0 spiro atoms. The molecule has 0 amide bonds. The van der Waals surface area contributed by atoms with Gasteiger partial charge >= 0.3 is 0 Å². The van der Waals surface area contributed by atoms with Gasteiger partial charge in [0, 0.05) is 21.9 Å². The predicted octanol–water partition coefficient (Wildman–Crippen LogP) is 9.90. The average molecular weight is 580 g/mol. The van der Waals surface area contributed by atoms with Crippen LogP contribution < -0.4 is 10.6 Å². The molecule has 2 heterocycles. The highest BCUT2D eigenvalue weighted by Crippen LogP contribution is 2.42. The van der Waals surface area contributed by atoms with Crippen molar-refractivity contribution in [1.29, 1.82) is 0 Å². The molecule has 0 saturated carbocycles. The number of hydrogen-bond acceptors (Lipinski definition) is 4. The van der Waals surface area contributed by atoms with Crippen LogP contribution in [0.15, 0.2) is 161 Å². The molecule has 45 heavy (non-hydrogen) atoms. The standard InChI is InChI=1S/C41H29N3O/c1-3-13-26(14-4-1)39-42-40(27-15-5-2-6-16-27)44-41(43-39)34-24-23-32(38-37(34)33-21-11-12-22-36(33)45-38)35-25-28-17-7-8-18-29(28)30-19-9-10-20-31(30)35/h1-25,39-40,42H,(H,43,44). The topological polar surface area (TPSA) is 49.6 Å². The molecule has 8 aromatic rings. The molecule has 2 unspecified atom stereocenters. The molecular formula is C41H29N3O. The summed E-state index contributed by atoms with van der Waals surface area (Å²) in [6.07, 6.45) is -0.341. The maximum Gasteiger partial charge on any atom is 0.144 e. The minimum Gasteiger partial charge on any atom is -0.455 e. The Morgan fingerprint density at radius 3 is 1.93 bits per heavy atom. The van der Waals surface area contributed by atoms with Crippen LogP contribution in [-0.4, -0.2) is 5.84 Å². The fourth-order valence-electron chi connectivity index (χ4n) is 6.83. The van der Waals surface area contributed by atoms with Crippen LogP contribution in [0.5, 0.6) is 0 Å². The number of nitrogens with zero attached hydrogens (tertiary/aromatic N) is 1. The van der Waals surface area contributed by atoms with Crippen molar-refractivity contribution in [1.82, 2.24) is 10.6 Å². The Morgan fingerprint density at radius 2 is 1.13 bits per heavy atom. The number of fused-ring (bicyclic) bond motifs is 6. The lowest BCUT2D eigenvalue weighted by Gasteiger charge is -2.32. The highest BCUT2D eigenvalue weighted by atomic mass is 16.3. The predicted molar refractivity (Wildman–Crippen MR) is 185 cm³/mol. The number of para-hydroxylation sites is 1. The van der Waals surface area contributed by atoms with Crippen molar-refractivity contribution < 1.29 is 4.42 Å². The van der Waals surface area contributed by atoms with Gasteiger partial charge in [0.05, 0.1) is 0 Å². The van der Waals surface area contributed by atoms with Gasteiger partial charge in [-0.1, -0.05) is 127 Å². The summed E-state index contributed by atoms with van der Waals surface area (Å²) in [5.74, 6) is 0.836. The molecule has 4 heteroatoms. The van der Waals surface area contributed by atoms with E-state index in [1.54, 1.807) is 0 Å². The molecule has 0 saturated heterocycles. The Bertz CT molecular complexity index is 2390. The average Bonchev–Trinajstić information content (AvgIpc) is 3.51. The van der Waals surface area contributed by atoms with Crippen LogP contribution in [0.2, 0.25) is 0 Å². The number of aliphatic imine (C=N–C) groups is 1. The van der Waals surface area contributed by atoms with Crippen molar-refractivity contribution in [3.8, 4) is 11.1 Å². The molecule has 7 aromatic carbocycles. The minimum absolute atomic E-state index is 0.124. The van der Waals surface area contributed by atoms with E-state index in [4.69, 9.17) is 9.41 Å². The van der Waals surface area contributed by atoms with Crippen molar-refractivity contribution in [2.24, 2.45) is 4.99 Å². The lowest BCUT2D eigenvalue weighted by Crippen LogP contribution is -2.45. The number of nitrogens with one attached hydrogen (secondary N) is 2. The van der Waals surface area contributed by atoms with Gasteiger partial charge in [-0.15, -0.1) is 0 Å². The van der Waals surface area contributed by atoms with E-state index in [0.29, 0.717) is 0 Å². The number of amidine groups is 1. The van der Waals surface area contributed by atoms with Crippen molar-refractivity contribution in [3.05, 3.63) is 168 Å². The monoisotopic (exact) mass is 579 g/mol. The van der Waals surface area contributed by atoms with Gasteiger partial charge in [-0.3, -0.25) is 5.32 Å². The Morgan fingerprint density at radius 1 is 0.511 bits per heavy atom. The summed E-state index contributed by atoms with van der Waals surface area (Å²) in [4.78, 5) is 5.28. The first-order valence-corrected chi connectivity index (χ1v) is 15.4. The second-order valence-corrected chi connectivity index (χ2v) is 11.6. The fraction of sp³-hybridized carbons (Fsp3) is 0.0488. The summed E-state index contributed by atoms with van der Waals surface area (Å²) >= 11 is 0. The van der Waals surface area contributed by atoms with Crippen LogP contribution in [-0.2, 0) is 0 Å². The molecule has 0 fully saturated rings. The van der Waals surface area contributed by atoms with E-state index in [-0.39, 0.29) is 12.3 Å². The van der Waals surface area contributed by atoms with E-state index in [0.717, 1.165) is 55.6 Å². The lowest BCUT2D eigenvalue weighted by molar-refractivity contribution is 0.409. The summed E-state index contributed by atoms with van der Waals surface area (Å²) in [6, 6.07) is 53.2. The second kappa shape index (κ2) is 10.5. The third-order valence-corrected chi connectivity index (χ3v) is 8.95. The third kappa shape index (κ3) is 4.30. The zero-order valence-electron chi connectivity index (χ0n) is 24.4. The molecule has 0 bridgehead atoms. The summed E-state index contributed by atoms with van der Waals surface area (Å²) in [5.41, 5.74) is 7.24. The number of hydrogen-bond donors (Lipinski definition) is 2. The van der Waals surface area contributed by atoms with Crippen molar-refractivity contribution >= 4 is 49.3 Å². The largest absolute Gasteiger partial charge is 0.455 e. The molecule has 0 aliphatic carbocycles. The molecule has 1 aliphatic heterocycles.